The van der Waals surface area contributed by atoms with Crippen LogP contribution < -0.4 is 5.56 Å². The fourth-order valence-electron chi connectivity index (χ4n) is 4.09. The number of fused-ring (bicyclic) bond motifs is 1. The van der Waals surface area contributed by atoms with Gasteiger partial charge >= 0.3 is 0 Å². The first-order valence-corrected chi connectivity index (χ1v) is 8.90. The van der Waals surface area contributed by atoms with Crippen LogP contribution in [0.2, 0.25) is 0 Å². The normalized spacial score (nSPS) is 19.5. The van der Waals surface area contributed by atoms with Gasteiger partial charge in [-0.05, 0) is 30.7 Å². The van der Waals surface area contributed by atoms with Crippen LogP contribution in [0.5, 0.6) is 0 Å². The smallest absolute Gasteiger partial charge is 0.274 e. The van der Waals surface area contributed by atoms with Gasteiger partial charge in [-0.3, -0.25) is 9.59 Å². The molecule has 1 aromatic carbocycles. The Balaban J connectivity index is 1.60. The minimum Gasteiger partial charge on any atom is -0.337 e. The molecule has 2 aliphatic rings. The van der Waals surface area contributed by atoms with Crippen LogP contribution >= 0.6 is 0 Å². The molecule has 1 saturated heterocycles. The Morgan fingerprint density at radius 1 is 1.04 bits per heavy atom. The summed E-state index contributed by atoms with van der Waals surface area (Å²) in [6.45, 7) is 1.61. The lowest BCUT2D eigenvalue weighted by molar-refractivity contribution is 0.0603. The Kier molecular flexibility index (Phi) is 3.87. The van der Waals surface area contributed by atoms with Gasteiger partial charge in [-0.15, -0.1) is 0 Å². The lowest BCUT2D eigenvalue weighted by Gasteiger charge is -2.39. The third kappa shape index (κ3) is 2.52. The first-order chi connectivity index (χ1) is 11.6. The van der Waals surface area contributed by atoms with Crippen molar-refractivity contribution in [3.05, 3.63) is 40.3 Å². The third-order valence-corrected chi connectivity index (χ3v) is 5.80. The van der Waals surface area contributed by atoms with Gasteiger partial charge < -0.3 is 4.90 Å². The molecule has 2 fully saturated rings. The first-order valence-electron chi connectivity index (χ1n) is 8.90. The van der Waals surface area contributed by atoms with Crippen LogP contribution in [0.1, 0.15) is 42.6 Å². The number of likely N-dealkylation sites (tertiary alicyclic amines) is 1. The standard InChI is InChI=1S/C19H23N3O2/c1-21-18(23)16-8-3-2-7-15(16)17(20-21)19(24)22-11-9-14(10-12-22)13-5-4-6-13/h2-3,7-8,13-14H,4-6,9-12H2,1H3. The summed E-state index contributed by atoms with van der Waals surface area (Å²) in [6, 6.07) is 7.25. The quantitative estimate of drug-likeness (QED) is 0.853. The van der Waals surface area contributed by atoms with Gasteiger partial charge in [0.25, 0.3) is 11.5 Å². The summed E-state index contributed by atoms with van der Waals surface area (Å²) < 4.78 is 1.27. The van der Waals surface area contributed by atoms with Gasteiger partial charge in [-0.25, -0.2) is 4.68 Å². The van der Waals surface area contributed by atoms with E-state index < -0.39 is 0 Å². The summed E-state index contributed by atoms with van der Waals surface area (Å²) >= 11 is 0. The Labute approximate surface area is 141 Å². The number of amides is 1. The van der Waals surface area contributed by atoms with Crippen molar-refractivity contribution in [2.75, 3.05) is 13.1 Å². The van der Waals surface area contributed by atoms with Crippen molar-refractivity contribution in [1.82, 2.24) is 14.7 Å². The second kappa shape index (κ2) is 6.04. The number of carbonyl (C=O) groups excluding carboxylic acids is 1. The topological polar surface area (TPSA) is 55.2 Å². The second-order valence-corrected chi connectivity index (χ2v) is 7.14. The molecule has 4 rings (SSSR count). The molecule has 24 heavy (non-hydrogen) atoms. The van der Waals surface area contributed by atoms with Crippen LogP contribution in [-0.4, -0.2) is 33.7 Å². The maximum atomic E-state index is 13.0. The highest BCUT2D eigenvalue weighted by Gasteiger charge is 2.32. The zero-order valence-electron chi connectivity index (χ0n) is 14.1. The van der Waals surface area contributed by atoms with E-state index in [9.17, 15) is 9.59 Å². The summed E-state index contributed by atoms with van der Waals surface area (Å²) in [5, 5.41) is 5.49. The van der Waals surface area contributed by atoms with Crippen molar-refractivity contribution in [1.29, 1.82) is 0 Å². The van der Waals surface area contributed by atoms with Crippen LogP contribution in [0.4, 0.5) is 0 Å². The van der Waals surface area contributed by atoms with E-state index in [0.717, 1.165) is 37.8 Å². The van der Waals surface area contributed by atoms with Crippen LogP contribution in [0.25, 0.3) is 10.8 Å². The molecule has 2 aromatic rings. The molecule has 126 valence electrons. The highest BCUT2D eigenvalue weighted by molar-refractivity contribution is 6.04. The number of nitrogens with zero attached hydrogens (tertiary/aromatic N) is 3. The highest BCUT2D eigenvalue weighted by atomic mass is 16.2. The third-order valence-electron chi connectivity index (χ3n) is 5.80. The Morgan fingerprint density at radius 2 is 1.67 bits per heavy atom. The molecule has 0 N–H and O–H groups in total. The molecule has 0 unspecified atom stereocenters. The molecule has 1 saturated carbocycles. The van der Waals surface area contributed by atoms with Gasteiger partial charge in [0.05, 0.1) is 5.39 Å². The molecule has 0 atom stereocenters. The molecule has 2 heterocycles. The maximum Gasteiger partial charge on any atom is 0.274 e. The molecular weight excluding hydrogens is 302 g/mol. The minimum atomic E-state index is -0.161. The average molecular weight is 325 g/mol. The number of piperidine rings is 1. The zero-order chi connectivity index (χ0) is 16.7. The van der Waals surface area contributed by atoms with E-state index in [4.69, 9.17) is 0 Å². The van der Waals surface area contributed by atoms with E-state index in [2.05, 4.69) is 5.10 Å². The average Bonchev–Trinajstić information content (AvgIpc) is 2.57. The SMILES string of the molecule is Cn1nc(C(=O)N2CCC(C3CCC3)CC2)c2ccccc2c1=O. The fourth-order valence-corrected chi connectivity index (χ4v) is 4.09. The fraction of sp³-hybridized carbons (Fsp3) is 0.526. The van der Waals surface area contributed by atoms with E-state index in [1.165, 1.54) is 23.9 Å². The van der Waals surface area contributed by atoms with Crippen molar-refractivity contribution in [2.24, 2.45) is 18.9 Å². The number of hydrogen-bond donors (Lipinski definition) is 0. The Hall–Kier alpha value is -2.17. The lowest BCUT2D eigenvalue weighted by atomic mass is 9.72. The number of carbonyl (C=O) groups is 1. The monoisotopic (exact) mass is 325 g/mol. The van der Waals surface area contributed by atoms with Gasteiger partial charge in [0, 0.05) is 25.5 Å². The zero-order valence-corrected chi connectivity index (χ0v) is 14.1. The number of rotatable bonds is 2. The molecule has 1 aliphatic heterocycles. The van der Waals surface area contributed by atoms with Crippen molar-refractivity contribution in [2.45, 2.75) is 32.1 Å². The maximum absolute atomic E-state index is 13.0. The molecule has 1 aromatic heterocycles. The van der Waals surface area contributed by atoms with Crippen LogP contribution in [0.15, 0.2) is 29.1 Å². The van der Waals surface area contributed by atoms with Crippen molar-refractivity contribution >= 4 is 16.7 Å². The molecule has 0 radical (unpaired) electrons. The minimum absolute atomic E-state index is 0.0474. The van der Waals surface area contributed by atoms with E-state index in [1.807, 2.05) is 23.1 Å². The molecule has 1 amide bonds. The summed E-state index contributed by atoms with van der Waals surface area (Å²) in [7, 11) is 1.61. The largest absolute Gasteiger partial charge is 0.337 e. The molecule has 0 spiro atoms. The van der Waals surface area contributed by atoms with Crippen LogP contribution in [-0.2, 0) is 7.05 Å². The molecule has 1 aliphatic carbocycles. The highest BCUT2D eigenvalue weighted by Crippen LogP contribution is 2.38. The predicted octanol–water partition coefficient (Wildman–Crippen LogP) is 2.59. The number of aromatic nitrogens is 2. The van der Waals surface area contributed by atoms with E-state index in [1.54, 1.807) is 13.1 Å². The van der Waals surface area contributed by atoms with Gasteiger partial charge in [0.1, 0.15) is 0 Å². The van der Waals surface area contributed by atoms with E-state index in [-0.39, 0.29) is 11.5 Å². The van der Waals surface area contributed by atoms with Crippen molar-refractivity contribution in [3.63, 3.8) is 0 Å². The van der Waals surface area contributed by atoms with Crippen LogP contribution in [0, 0.1) is 11.8 Å². The van der Waals surface area contributed by atoms with E-state index >= 15 is 0 Å². The number of aryl methyl sites for hydroxylation is 1. The Morgan fingerprint density at radius 3 is 2.29 bits per heavy atom. The van der Waals surface area contributed by atoms with Gasteiger partial charge in [-0.2, -0.15) is 5.10 Å². The lowest BCUT2D eigenvalue weighted by Crippen LogP contribution is -2.42. The van der Waals surface area contributed by atoms with Crippen molar-refractivity contribution in [3.8, 4) is 0 Å². The molecule has 0 bridgehead atoms. The molecular formula is C19H23N3O2. The van der Waals surface area contributed by atoms with Crippen LogP contribution in [0.3, 0.4) is 0 Å². The molecule has 5 nitrogen and oxygen atoms in total. The summed E-state index contributed by atoms with van der Waals surface area (Å²) in [5.41, 5.74) is 0.237. The van der Waals surface area contributed by atoms with Gasteiger partial charge in [0.15, 0.2) is 5.69 Å². The van der Waals surface area contributed by atoms with Crippen molar-refractivity contribution < 1.29 is 4.79 Å². The Bertz CT molecular complexity index is 830. The second-order valence-electron chi connectivity index (χ2n) is 7.14. The summed E-state index contributed by atoms with van der Waals surface area (Å²) in [6.07, 6.45) is 6.30. The van der Waals surface area contributed by atoms with Gasteiger partial charge in [0.2, 0.25) is 0 Å². The van der Waals surface area contributed by atoms with Gasteiger partial charge in [-0.1, -0.05) is 37.5 Å². The summed E-state index contributed by atoms with van der Waals surface area (Å²) in [5.74, 6) is 1.63. The molecule has 5 heteroatoms. The van der Waals surface area contributed by atoms with E-state index in [0.29, 0.717) is 16.5 Å². The number of benzene rings is 1. The number of hydrogen-bond acceptors (Lipinski definition) is 3. The summed E-state index contributed by atoms with van der Waals surface area (Å²) in [4.78, 5) is 27.1. The predicted molar refractivity (Wildman–Crippen MR) is 93.0 cm³/mol. The first kappa shape index (κ1) is 15.4.